The second-order valence-electron chi connectivity index (χ2n) is 1.50. The van der Waals surface area contributed by atoms with Gasteiger partial charge in [-0.3, -0.25) is 0 Å². The number of nitrogens with zero attached hydrogens (tertiary/aromatic N) is 1. The second kappa shape index (κ2) is 5.74. The Morgan fingerprint density at radius 3 is 2.11 bits per heavy atom. The van der Waals surface area contributed by atoms with E-state index in [0.29, 0.717) is 0 Å². The Balaban J connectivity index is 3.64. The van der Waals surface area contributed by atoms with Crippen LogP contribution in [0.15, 0.2) is 0 Å². The number of hydrogen-bond acceptors (Lipinski definition) is 2. The van der Waals surface area contributed by atoms with Crippen molar-refractivity contribution in [1.82, 2.24) is 4.90 Å². The Labute approximate surface area is 77.1 Å². The first-order valence-electron chi connectivity index (χ1n) is 2.80. The topological polar surface area (TPSA) is 3.24 Å². The van der Waals surface area contributed by atoms with E-state index < -0.39 is 0 Å². The average molecular weight is 345 g/mol. The molecule has 0 aliphatic heterocycles. The predicted molar refractivity (Wildman–Crippen MR) is 43.1 cm³/mol. The number of thiocarbonyl (C=S) groups is 1. The van der Waals surface area contributed by atoms with E-state index in [1.54, 1.807) is 9.23 Å². The summed E-state index contributed by atoms with van der Waals surface area (Å²) in [5, 5.41) is 0. The van der Waals surface area contributed by atoms with Crippen LogP contribution in [0.1, 0.15) is 13.8 Å². The van der Waals surface area contributed by atoms with E-state index >= 15 is 0 Å². The van der Waals surface area contributed by atoms with Crippen molar-refractivity contribution in [1.29, 1.82) is 0 Å². The predicted octanol–water partition coefficient (Wildman–Crippen LogP) is 1.81. The quantitative estimate of drug-likeness (QED) is 0.555. The van der Waals surface area contributed by atoms with E-state index in [4.69, 9.17) is 12.2 Å². The Morgan fingerprint density at radius 2 is 2.00 bits per heavy atom. The molecule has 0 aromatic carbocycles. The molecule has 0 heterocycles. The van der Waals surface area contributed by atoms with Gasteiger partial charge in [-0.15, -0.1) is 0 Å². The minimum atomic E-state index is 0.975. The molecule has 0 amide bonds. The summed E-state index contributed by atoms with van der Waals surface area (Å²) >= 11 is 7.42. The van der Waals surface area contributed by atoms with Crippen LogP contribution >= 0.6 is 21.4 Å². The van der Waals surface area contributed by atoms with Crippen molar-refractivity contribution in [2.75, 3.05) is 13.1 Å². The minimum absolute atomic E-state index is 0.975. The normalized spacial score (nSPS) is 9.33. The van der Waals surface area contributed by atoms with Crippen LogP contribution in [0.2, 0.25) is 0 Å². The van der Waals surface area contributed by atoms with Gasteiger partial charge in [-0.25, -0.2) is 0 Å². The number of hydrogen-bond donors (Lipinski definition) is 0. The molecular formula is C5H10AuNS2. The van der Waals surface area contributed by atoms with E-state index in [0.717, 1.165) is 17.4 Å². The van der Waals surface area contributed by atoms with Crippen LogP contribution in [-0.4, -0.2) is 22.3 Å². The van der Waals surface area contributed by atoms with Gasteiger partial charge < -0.3 is 0 Å². The first-order chi connectivity index (χ1) is 4.26. The molecule has 4 heteroatoms. The molecular weight excluding hydrogens is 335 g/mol. The Kier molecular flexibility index (Phi) is 6.37. The van der Waals surface area contributed by atoms with E-state index in [1.165, 1.54) is 0 Å². The molecule has 1 nitrogen and oxygen atoms in total. The first-order valence-corrected chi connectivity index (χ1v) is 6.52. The molecule has 0 unspecified atom stereocenters. The van der Waals surface area contributed by atoms with E-state index in [1.807, 2.05) is 0 Å². The van der Waals surface area contributed by atoms with Crippen LogP contribution in [0.3, 0.4) is 0 Å². The van der Waals surface area contributed by atoms with E-state index in [-0.39, 0.29) is 0 Å². The molecule has 0 saturated carbocycles. The molecule has 0 aliphatic rings. The van der Waals surface area contributed by atoms with Gasteiger partial charge in [0.25, 0.3) is 0 Å². The second-order valence-corrected chi connectivity index (χ2v) is 3.98. The van der Waals surface area contributed by atoms with Gasteiger partial charge in [-0.05, 0) is 0 Å². The summed E-state index contributed by atoms with van der Waals surface area (Å²) in [6.07, 6.45) is 0. The number of rotatable bonds is 2. The van der Waals surface area contributed by atoms with Crippen LogP contribution in [-0.2, 0) is 19.7 Å². The zero-order valence-corrected chi connectivity index (χ0v) is 9.28. The van der Waals surface area contributed by atoms with E-state index in [9.17, 15) is 0 Å². The average Bonchev–Trinajstić information content (AvgIpc) is 1.90. The summed E-state index contributed by atoms with van der Waals surface area (Å²) < 4.78 is 0.975. The van der Waals surface area contributed by atoms with Crippen molar-refractivity contribution >= 4 is 25.8 Å². The van der Waals surface area contributed by atoms with Crippen LogP contribution in [0.4, 0.5) is 0 Å². The van der Waals surface area contributed by atoms with Crippen molar-refractivity contribution < 1.29 is 19.7 Å². The van der Waals surface area contributed by atoms with Gasteiger partial charge in [0, 0.05) is 0 Å². The van der Waals surface area contributed by atoms with Crippen LogP contribution < -0.4 is 0 Å². The van der Waals surface area contributed by atoms with Crippen molar-refractivity contribution in [2.45, 2.75) is 13.8 Å². The van der Waals surface area contributed by atoms with Crippen molar-refractivity contribution in [2.24, 2.45) is 0 Å². The fourth-order valence-corrected chi connectivity index (χ4v) is 1.95. The molecule has 0 N–H and O–H groups in total. The Bertz CT molecular complexity index is 93.0. The summed E-state index contributed by atoms with van der Waals surface area (Å²) in [7, 11) is 1.58. The molecule has 58 valence electrons. The van der Waals surface area contributed by atoms with Crippen LogP contribution in [0.5, 0.6) is 0 Å². The summed E-state index contributed by atoms with van der Waals surface area (Å²) in [4.78, 5) is 2.15. The third-order valence-electron chi connectivity index (χ3n) is 1.07. The molecule has 0 spiro atoms. The van der Waals surface area contributed by atoms with Gasteiger partial charge in [-0.1, -0.05) is 0 Å². The summed E-state index contributed by atoms with van der Waals surface area (Å²) in [6.45, 7) is 6.25. The standard InChI is InChI=1S/C5H11NS2.Au/c1-3-6(4-2)5(7)8;/h3-4H2,1-2H3,(H,7,8);/q;+1/p-1. The van der Waals surface area contributed by atoms with Crippen molar-refractivity contribution in [3.63, 3.8) is 0 Å². The molecule has 0 aromatic rings. The molecule has 0 radical (unpaired) electrons. The molecule has 0 aliphatic carbocycles. The van der Waals surface area contributed by atoms with Gasteiger partial charge in [0.1, 0.15) is 0 Å². The molecule has 0 saturated heterocycles. The molecule has 0 aromatic heterocycles. The molecule has 0 rings (SSSR count). The molecule has 0 fully saturated rings. The Morgan fingerprint density at radius 1 is 1.56 bits per heavy atom. The van der Waals surface area contributed by atoms with Gasteiger partial charge in [0.2, 0.25) is 0 Å². The fourth-order valence-electron chi connectivity index (χ4n) is 0.521. The van der Waals surface area contributed by atoms with Crippen molar-refractivity contribution in [3.8, 4) is 0 Å². The van der Waals surface area contributed by atoms with Gasteiger partial charge >= 0.3 is 77.3 Å². The van der Waals surface area contributed by atoms with E-state index in [2.05, 4.69) is 38.5 Å². The molecule has 0 atom stereocenters. The van der Waals surface area contributed by atoms with Gasteiger partial charge in [0.05, 0.1) is 0 Å². The van der Waals surface area contributed by atoms with Gasteiger partial charge in [0.15, 0.2) is 0 Å². The third-order valence-corrected chi connectivity index (χ3v) is 4.06. The SMILES string of the molecule is CCN(CC)C(=S)[S][Au]. The zero-order valence-electron chi connectivity index (χ0n) is 5.48. The summed E-state index contributed by atoms with van der Waals surface area (Å²) in [5.74, 6) is 0. The Hall–Kier alpha value is 0.980. The fraction of sp³-hybridized carbons (Fsp3) is 0.800. The van der Waals surface area contributed by atoms with Crippen molar-refractivity contribution in [3.05, 3.63) is 0 Å². The maximum absolute atomic E-state index is 5.05. The van der Waals surface area contributed by atoms with Crippen LogP contribution in [0.25, 0.3) is 0 Å². The monoisotopic (exact) mass is 345 g/mol. The van der Waals surface area contributed by atoms with Gasteiger partial charge in [-0.2, -0.15) is 0 Å². The summed E-state index contributed by atoms with van der Waals surface area (Å²) in [5.41, 5.74) is 0. The maximum atomic E-state index is 5.05. The zero-order chi connectivity index (χ0) is 7.28. The molecule has 9 heavy (non-hydrogen) atoms. The third kappa shape index (κ3) is 3.63. The molecule has 0 bridgehead atoms. The first kappa shape index (κ1) is 9.98. The summed E-state index contributed by atoms with van der Waals surface area (Å²) in [6, 6.07) is 0. The van der Waals surface area contributed by atoms with Crippen LogP contribution in [0, 0.1) is 0 Å².